The minimum atomic E-state index is -0.729. The molecule has 0 bridgehead atoms. The largest absolute Gasteiger partial charge is 0.481 e. The highest BCUT2D eigenvalue weighted by Gasteiger charge is 2.06. The first kappa shape index (κ1) is 8.21. The van der Waals surface area contributed by atoms with Crippen LogP contribution >= 0.6 is 0 Å². The summed E-state index contributed by atoms with van der Waals surface area (Å²) in [7, 11) is 0. The maximum absolute atomic E-state index is 10.2. The monoisotopic (exact) mass is 128 g/mol. The van der Waals surface area contributed by atoms with Gasteiger partial charge in [0.1, 0.15) is 0 Å². The van der Waals surface area contributed by atoms with Gasteiger partial charge in [-0.25, -0.2) is 0 Å². The molecule has 0 aliphatic heterocycles. The minimum Gasteiger partial charge on any atom is -0.481 e. The Hall–Kier alpha value is -0.790. The Labute approximate surface area is 55.2 Å². The highest BCUT2D eigenvalue weighted by Crippen LogP contribution is 2.01. The summed E-state index contributed by atoms with van der Waals surface area (Å²) >= 11 is 0. The molecule has 0 heterocycles. The maximum atomic E-state index is 10.2. The Morgan fingerprint density at radius 3 is 2.67 bits per heavy atom. The summed E-state index contributed by atoms with van der Waals surface area (Å²) in [6, 6.07) is 0. The van der Waals surface area contributed by atoms with Crippen molar-refractivity contribution in [2.45, 2.75) is 20.3 Å². The van der Waals surface area contributed by atoms with Gasteiger partial charge in [-0.1, -0.05) is 19.1 Å². The molecular weight excluding hydrogens is 116 g/mol. The number of aliphatic carboxylic acids is 1. The van der Waals surface area contributed by atoms with Crippen LogP contribution in [0.5, 0.6) is 0 Å². The molecule has 0 spiro atoms. The molecule has 1 N–H and O–H groups in total. The van der Waals surface area contributed by atoms with E-state index < -0.39 is 5.97 Å². The summed E-state index contributed by atoms with van der Waals surface area (Å²) in [6.07, 6.45) is 4.35. The van der Waals surface area contributed by atoms with E-state index in [4.69, 9.17) is 5.11 Å². The van der Waals surface area contributed by atoms with E-state index in [0.29, 0.717) is 6.42 Å². The van der Waals surface area contributed by atoms with E-state index in [2.05, 4.69) is 0 Å². The van der Waals surface area contributed by atoms with Crippen molar-refractivity contribution in [2.24, 2.45) is 5.92 Å². The van der Waals surface area contributed by atoms with Crippen molar-refractivity contribution in [3.05, 3.63) is 12.2 Å². The Balaban J connectivity index is 3.50. The molecule has 1 unspecified atom stereocenters. The van der Waals surface area contributed by atoms with Crippen LogP contribution in [-0.2, 0) is 4.79 Å². The zero-order chi connectivity index (χ0) is 7.28. The summed E-state index contributed by atoms with van der Waals surface area (Å²) in [5, 5.41) is 8.37. The normalized spacial score (nSPS) is 14.0. The van der Waals surface area contributed by atoms with Crippen LogP contribution < -0.4 is 0 Å². The zero-order valence-electron chi connectivity index (χ0n) is 5.79. The first-order valence-electron chi connectivity index (χ1n) is 3.02. The summed E-state index contributed by atoms with van der Waals surface area (Å²) < 4.78 is 0. The van der Waals surface area contributed by atoms with Crippen LogP contribution in [0.15, 0.2) is 12.2 Å². The first-order valence-corrected chi connectivity index (χ1v) is 3.02. The molecule has 0 aliphatic carbocycles. The number of allylic oxidation sites excluding steroid dienone is 2. The van der Waals surface area contributed by atoms with Gasteiger partial charge >= 0.3 is 5.97 Å². The van der Waals surface area contributed by atoms with E-state index in [-0.39, 0.29) is 5.92 Å². The van der Waals surface area contributed by atoms with E-state index in [1.165, 1.54) is 0 Å². The van der Waals surface area contributed by atoms with Crippen LogP contribution in [0.1, 0.15) is 20.3 Å². The third kappa shape index (κ3) is 3.76. The lowest BCUT2D eigenvalue weighted by atomic mass is 10.1. The molecule has 0 radical (unpaired) electrons. The van der Waals surface area contributed by atoms with E-state index in [0.717, 1.165) is 0 Å². The second kappa shape index (κ2) is 4.13. The van der Waals surface area contributed by atoms with Gasteiger partial charge in [0.2, 0.25) is 0 Å². The molecule has 0 aromatic carbocycles. The van der Waals surface area contributed by atoms with Gasteiger partial charge < -0.3 is 5.11 Å². The van der Waals surface area contributed by atoms with Crippen LogP contribution in [0, 0.1) is 5.92 Å². The van der Waals surface area contributed by atoms with Gasteiger partial charge in [0.05, 0.1) is 5.92 Å². The number of carboxylic acid groups (broad SMARTS) is 1. The van der Waals surface area contributed by atoms with E-state index >= 15 is 0 Å². The zero-order valence-corrected chi connectivity index (χ0v) is 5.79. The fraction of sp³-hybridized carbons (Fsp3) is 0.571. The minimum absolute atomic E-state index is 0.249. The average molecular weight is 128 g/mol. The van der Waals surface area contributed by atoms with Gasteiger partial charge in [-0.15, -0.1) is 0 Å². The lowest BCUT2D eigenvalue weighted by Gasteiger charge is -1.98. The van der Waals surface area contributed by atoms with Crippen molar-refractivity contribution < 1.29 is 9.90 Å². The number of hydrogen-bond donors (Lipinski definition) is 1. The lowest BCUT2D eigenvalue weighted by Crippen LogP contribution is -2.07. The molecule has 2 heteroatoms. The molecule has 0 amide bonds. The third-order valence-electron chi connectivity index (χ3n) is 1.15. The molecule has 0 saturated heterocycles. The molecule has 1 atom stereocenters. The smallest absolute Gasteiger partial charge is 0.306 e. The number of rotatable bonds is 3. The number of carbonyl (C=O) groups is 1. The predicted molar refractivity (Wildman–Crippen MR) is 36.2 cm³/mol. The SMILES string of the molecule is C/C=C/CC(C)C(=O)O. The van der Waals surface area contributed by atoms with Crippen LogP contribution in [0.3, 0.4) is 0 Å². The Kier molecular flexibility index (Phi) is 3.76. The van der Waals surface area contributed by atoms with E-state index in [9.17, 15) is 4.79 Å². The fourth-order valence-electron chi connectivity index (χ4n) is 0.441. The predicted octanol–water partition coefficient (Wildman–Crippen LogP) is 1.67. The third-order valence-corrected chi connectivity index (χ3v) is 1.15. The second-order valence-electron chi connectivity index (χ2n) is 2.04. The lowest BCUT2D eigenvalue weighted by molar-refractivity contribution is -0.140. The van der Waals surface area contributed by atoms with Crippen molar-refractivity contribution in [3.8, 4) is 0 Å². The van der Waals surface area contributed by atoms with Crippen molar-refractivity contribution in [1.29, 1.82) is 0 Å². The van der Waals surface area contributed by atoms with Crippen molar-refractivity contribution >= 4 is 5.97 Å². The summed E-state index contributed by atoms with van der Waals surface area (Å²) in [4.78, 5) is 10.2. The van der Waals surface area contributed by atoms with Gasteiger partial charge in [-0.05, 0) is 13.3 Å². The second-order valence-corrected chi connectivity index (χ2v) is 2.04. The molecular formula is C7H12O2. The van der Waals surface area contributed by atoms with Crippen molar-refractivity contribution in [3.63, 3.8) is 0 Å². The standard InChI is InChI=1S/C7H12O2/c1-3-4-5-6(2)7(8)9/h3-4,6H,5H2,1-2H3,(H,8,9)/b4-3+. The molecule has 2 nitrogen and oxygen atoms in total. The van der Waals surface area contributed by atoms with Crippen molar-refractivity contribution in [2.75, 3.05) is 0 Å². The van der Waals surface area contributed by atoms with Crippen LogP contribution in [0.4, 0.5) is 0 Å². The van der Waals surface area contributed by atoms with Crippen LogP contribution in [0.25, 0.3) is 0 Å². The Morgan fingerprint density at radius 2 is 2.33 bits per heavy atom. The molecule has 0 rings (SSSR count). The van der Waals surface area contributed by atoms with Gasteiger partial charge in [-0.3, -0.25) is 4.79 Å². The quantitative estimate of drug-likeness (QED) is 0.587. The van der Waals surface area contributed by atoms with Gasteiger partial charge in [-0.2, -0.15) is 0 Å². The Morgan fingerprint density at radius 1 is 1.78 bits per heavy atom. The fourth-order valence-corrected chi connectivity index (χ4v) is 0.441. The van der Waals surface area contributed by atoms with Gasteiger partial charge in [0, 0.05) is 0 Å². The molecule has 52 valence electrons. The van der Waals surface area contributed by atoms with Crippen molar-refractivity contribution in [1.82, 2.24) is 0 Å². The number of carboxylic acids is 1. The van der Waals surface area contributed by atoms with Crippen LogP contribution in [0.2, 0.25) is 0 Å². The van der Waals surface area contributed by atoms with Crippen LogP contribution in [-0.4, -0.2) is 11.1 Å². The molecule has 0 saturated carbocycles. The highest BCUT2D eigenvalue weighted by atomic mass is 16.4. The van der Waals surface area contributed by atoms with E-state index in [1.807, 2.05) is 19.1 Å². The number of hydrogen-bond acceptors (Lipinski definition) is 1. The van der Waals surface area contributed by atoms with E-state index in [1.54, 1.807) is 6.92 Å². The highest BCUT2D eigenvalue weighted by molar-refractivity contribution is 5.69. The summed E-state index contributed by atoms with van der Waals surface area (Å²) in [5.41, 5.74) is 0. The molecule has 0 aromatic heterocycles. The topological polar surface area (TPSA) is 37.3 Å². The van der Waals surface area contributed by atoms with Gasteiger partial charge in [0.15, 0.2) is 0 Å². The molecule has 0 aromatic rings. The molecule has 9 heavy (non-hydrogen) atoms. The summed E-state index contributed by atoms with van der Waals surface area (Å²) in [6.45, 7) is 3.58. The van der Waals surface area contributed by atoms with Gasteiger partial charge in [0.25, 0.3) is 0 Å². The maximum Gasteiger partial charge on any atom is 0.306 e. The first-order chi connectivity index (χ1) is 4.18. The Bertz CT molecular complexity index is 116. The average Bonchev–Trinajstić information content (AvgIpc) is 1.82. The molecule has 0 fully saturated rings. The summed E-state index contributed by atoms with van der Waals surface area (Å²) in [5.74, 6) is -0.977. The molecule has 0 aliphatic rings.